The van der Waals surface area contributed by atoms with Gasteiger partial charge in [-0.05, 0) is 64.2 Å². The summed E-state index contributed by atoms with van der Waals surface area (Å²) in [4.78, 5) is 36.6. The van der Waals surface area contributed by atoms with Crippen LogP contribution >= 0.6 is 0 Å². The van der Waals surface area contributed by atoms with Gasteiger partial charge in [-0.2, -0.15) is 0 Å². The number of unbranched alkanes of at least 4 members (excludes halogenated alkanes) is 5. The smallest absolute Gasteiger partial charge is 0.362 e. The third-order valence-corrected chi connectivity index (χ3v) is 7.60. The number of likely N-dealkylation sites (N-methyl/N-ethyl adjacent to an activating group) is 1. The number of allylic oxidation sites excluding steroid dienone is 12. The largest absolute Gasteiger partial charge is 0.477 e. The first-order valence-electron chi connectivity index (χ1n) is 18.5. The molecule has 0 aliphatic heterocycles. The molecule has 0 saturated carbocycles. The summed E-state index contributed by atoms with van der Waals surface area (Å²) in [5.41, 5.74) is 0. The van der Waals surface area contributed by atoms with Gasteiger partial charge in [0.05, 0.1) is 34.4 Å². The maximum absolute atomic E-state index is 12.6. The van der Waals surface area contributed by atoms with Crippen molar-refractivity contribution in [3.63, 3.8) is 0 Å². The van der Waals surface area contributed by atoms with Crippen LogP contribution in [0.5, 0.6) is 0 Å². The normalized spacial score (nSPS) is 13.9. The highest BCUT2D eigenvalue weighted by atomic mass is 16.6. The van der Waals surface area contributed by atoms with Crippen LogP contribution in [0, 0.1) is 0 Å². The van der Waals surface area contributed by atoms with Crippen molar-refractivity contribution in [1.29, 1.82) is 0 Å². The minimum atomic E-state index is -0.893. The first-order chi connectivity index (χ1) is 23.6. The number of carboxylic acids is 1. The molecule has 49 heavy (non-hydrogen) atoms. The van der Waals surface area contributed by atoms with E-state index in [2.05, 4.69) is 74.6 Å². The molecular formula is C41H68NO7+. The van der Waals surface area contributed by atoms with Gasteiger partial charge in [0.15, 0.2) is 12.1 Å². The summed E-state index contributed by atoms with van der Waals surface area (Å²) in [7, 11) is 5.47. The molecule has 0 aliphatic rings. The molecule has 0 rings (SSSR count). The quantitative estimate of drug-likeness (QED) is 0.0336. The van der Waals surface area contributed by atoms with Crippen LogP contribution in [0.4, 0.5) is 0 Å². The summed E-state index contributed by atoms with van der Waals surface area (Å²) in [6.07, 6.45) is 38.3. The second-order valence-corrected chi connectivity index (χ2v) is 13.1. The number of carbonyl (C=O) groups excluding carboxylic acids is 2. The number of quaternary nitrogens is 1. The number of hydrogen-bond acceptors (Lipinski definition) is 6. The van der Waals surface area contributed by atoms with E-state index in [9.17, 15) is 19.5 Å². The van der Waals surface area contributed by atoms with E-state index in [1.807, 2.05) is 33.3 Å². The van der Waals surface area contributed by atoms with Crippen molar-refractivity contribution in [2.75, 3.05) is 41.0 Å². The third-order valence-electron chi connectivity index (χ3n) is 7.60. The predicted octanol–water partition coefficient (Wildman–Crippen LogP) is 9.24. The molecule has 0 aromatic rings. The maximum Gasteiger partial charge on any atom is 0.362 e. The van der Waals surface area contributed by atoms with Gasteiger partial charge in [0.1, 0.15) is 6.61 Å². The lowest BCUT2D eigenvalue weighted by atomic mass is 10.1. The molecule has 0 fully saturated rings. The molecule has 0 spiro atoms. The molecule has 2 atom stereocenters. The summed E-state index contributed by atoms with van der Waals surface area (Å²) in [6.45, 7) is 4.43. The zero-order valence-corrected chi connectivity index (χ0v) is 31.4. The number of ether oxygens (including phenoxy) is 3. The van der Waals surface area contributed by atoms with Crippen LogP contribution in [-0.4, -0.2) is 80.6 Å². The Bertz CT molecular complexity index is 1030. The van der Waals surface area contributed by atoms with Crippen molar-refractivity contribution < 1.29 is 38.2 Å². The van der Waals surface area contributed by atoms with Crippen molar-refractivity contribution in [2.45, 2.75) is 129 Å². The Kier molecular flexibility index (Phi) is 29.9. The topological polar surface area (TPSA) is 99.1 Å². The highest BCUT2D eigenvalue weighted by molar-refractivity contribution is 5.72. The van der Waals surface area contributed by atoms with Gasteiger partial charge in [-0.1, -0.05) is 106 Å². The number of nitrogens with zero attached hydrogens (tertiary/aromatic N) is 1. The van der Waals surface area contributed by atoms with Gasteiger partial charge < -0.3 is 23.8 Å². The fourth-order valence-electron chi connectivity index (χ4n) is 4.73. The van der Waals surface area contributed by atoms with Crippen molar-refractivity contribution in [2.24, 2.45) is 0 Å². The Morgan fingerprint density at radius 1 is 0.633 bits per heavy atom. The number of esters is 2. The van der Waals surface area contributed by atoms with E-state index < -0.39 is 18.1 Å². The van der Waals surface area contributed by atoms with E-state index in [1.54, 1.807) is 0 Å². The van der Waals surface area contributed by atoms with Crippen molar-refractivity contribution in [1.82, 2.24) is 0 Å². The van der Waals surface area contributed by atoms with E-state index in [-0.39, 0.29) is 49.1 Å². The summed E-state index contributed by atoms with van der Waals surface area (Å²) < 4.78 is 17.0. The number of carboxylic acid groups (broad SMARTS) is 1. The molecule has 1 N–H and O–H groups in total. The van der Waals surface area contributed by atoms with Crippen LogP contribution in [0.15, 0.2) is 72.9 Å². The predicted molar refractivity (Wildman–Crippen MR) is 201 cm³/mol. The van der Waals surface area contributed by atoms with E-state index in [0.717, 1.165) is 44.9 Å². The molecule has 0 saturated heterocycles. The van der Waals surface area contributed by atoms with Crippen LogP contribution < -0.4 is 0 Å². The molecule has 2 unspecified atom stereocenters. The molecule has 0 heterocycles. The SMILES string of the molecule is CC/C=C/C/C=C/C/C=C/C/C=C/C/C=C/CCC(=O)OCC(COCCC(C(=O)O)[N+](C)(C)C)OC(=O)CCC/C=C/CCCCCC. The van der Waals surface area contributed by atoms with Crippen LogP contribution in [0.2, 0.25) is 0 Å². The van der Waals surface area contributed by atoms with Gasteiger partial charge in [0, 0.05) is 19.3 Å². The van der Waals surface area contributed by atoms with Gasteiger partial charge >= 0.3 is 17.9 Å². The number of rotatable bonds is 31. The van der Waals surface area contributed by atoms with Crippen molar-refractivity contribution in [3.05, 3.63) is 72.9 Å². The summed E-state index contributed by atoms with van der Waals surface area (Å²) in [5, 5.41) is 9.56. The second-order valence-electron chi connectivity index (χ2n) is 13.1. The average Bonchev–Trinajstić information content (AvgIpc) is 3.05. The van der Waals surface area contributed by atoms with Crippen LogP contribution in [0.3, 0.4) is 0 Å². The Hall–Kier alpha value is -3.23. The highest BCUT2D eigenvalue weighted by Gasteiger charge is 2.31. The first kappa shape index (κ1) is 45.8. The molecule has 0 aromatic heterocycles. The van der Waals surface area contributed by atoms with Gasteiger partial charge in [0.2, 0.25) is 0 Å². The van der Waals surface area contributed by atoms with E-state index in [0.29, 0.717) is 19.3 Å². The van der Waals surface area contributed by atoms with E-state index in [4.69, 9.17) is 14.2 Å². The fourth-order valence-corrected chi connectivity index (χ4v) is 4.73. The summed E-state index contributed by atoms with van der Waals surface area (Å²) >= 11 is 0. The molecule has 8 heteroatoms. The second kappa shape index (κ2) is 32.0. The van der Waals surface area contributed by atoms with Crippen molar-refractivity contribution in [3.8, 4) is 0 Å². The van der Waals surface area contributed by atoms with Gasteiger partial charge in [-0.25, -0.2) is 4.79 Å². The lowest BCUT2D eigenvalue weighted by molar-refractivity contribution is -0.887. The number of aliphatic carboxylic acids is 1. The molecule has 0 amide bonds. The minimum Gasteiger partial charge on any atom is -0.477 e. The van der Waals surface area contributed by atoms with Gasteiger partial charge in [-0.15, -0.1) is 0 Å². The lowest BCUT2D eigenvalue weighted by Crippen LogP contribution is -2.50. The zero-order chi connectivity index (χ0) is 36.4. The van der Waals surface area contributed by atoms with E-state index in [1.165, 1.54) is 25.7 Å². The first-order valence-corrected chi connectivity index (χ1v) is 18.5. The fraction of sp³-hybridized carbons (Fsp3) is 0.634. The van der Waals surface area contributed by atoms with Crippen LogP contribution in [0.25, 0.3) is 0 Å². The number of hydrogen-bond donors (Lipinski definition) is 1. The molecule has 0 aliphatic carbocycles. The minimum absolute atomic E-state index is 0.0228. The molecule has 278 valence electrons. The molecule has 0 bridgehead atoms. The van der Waals surface area contributed by atoms with E-state index >= 15 is 0 Å². The Morgan fingerprint density at radius 3 is 1.73 bits per heavy atom. The highest BCUT2D eigenvalue weighted by Crippen LogP contribution is 2.10. The van der Waals surface area contributed by atoms with Crippen LogP contribution in [0.1, 0.15) is 117 Å². The van der Waals surface area contributed by atoms with Crippen molar-refractivity contribution >= 4 is 17.9 Å². The van der Waals surface area contributed by atoms with Crippen LogP contribution in [-0.2, 0) is 28.6 Å². The molecule has 0 aromatic carbocycles. The average molecular weight is 687 g/mol. The third kappa shape index (κ3) is 30.6. The van der Waals surface area contributed by atoms with Gasteiger partial charge in [-0.3, -0.25) is 9.59 Å². The zero-order valence-electron chi connectivity index (χ0n) is 31.4. The molecular weight excluding hydrogens is 618 g/mol. The molecule has 0 radical (unpaired) electrons. The monoisotopic (exact) mass is 686 g/mol. The standard InChI is InChI=1S/C41H67NO7/c1-6-8-10-12-14-16-17-18-19-20-21-22-24-25-27-29-31-39(43)48-36-37(35-47-34-33-38(41(45)46)42(3,4)5)49-40(44)32-30-28-26-23-15-13-11-9-7-2/h8,10,14,16,18-19,21-23,25-27,37-38H,6-7,9,11-13,15,17,20,24,28-36H2,1-5H3/p+1/b10-8+,16-14+,19-18+,22-21+,26-23+,27-25+. The summed E-state index contributed by atoms with van der Waals surface area (Å²) in [6, 6.07) is -0.630. The maximum atomic E-state index is 12.6. The Balaban J connectivity index is 4.58. The lowest BCUT2D eigenvalue weighted by Gasteiger charge is -2.31. The number of carbonyl (C=O) groups is 3. The molecule has 8 nitrogen and oxygen atoms in total. The summed E-state index contributed by atoms with van der Waals surface area (Å²) in [5.74, 6) is -1.63. The Morgan fingerprint density at radius 2 is 1.18 bits per heavy atom. The Labute approximate surface area is 298 Å². The van der Waals surface area contributed by atoms with Gasteiger partial charge in [0.25, 0.3) is 0 Å².